The van der Waals surface area contributed by atoms with Crippen molar-refractivity contribution in [2.45, 2.75) is 62.7 Å². The zero-order chi connectivity index (χ0) is 18.6. The van der Waals surface area contributed by atoms with Gasteiger partial charge in [-0.2, -0.15) is 0 Å². The van der Waals surface area contributed by atoms with Gasteiger partial charge >= 0.3 is 0 Å². The van der Waals surface area contributed by atoms with Crippen LogP contribution in [0.4, 0.5) is 0 Å². The number of aromatic amines is 1. The van der Waals surface area contributed by atoms with E-state index in [0.29, 0.717) is 6.42 Å². The summed E-state index contributed by atoms with van der Waals surface area (Å²) < 4.78 is 5.38. The minimum Gasteiger partial charge on any atom is -0.497 e. The van der Waals surface area contributed by atoms with Gasteiger partial charge in [-0.05, 0) is 62.3 Å². The Morgan fingerprint density at radius 2 is 2.26 bits per heavy atom. The summed E-state index contributed by atoms with van der Waals surface area (Å²) in [6.07, 6.45) is 8.57. The highest BCUT2D eigenvalue weighted by atomic mass is 33.1. The van der Waals surface area contributed by atoms with E-state index < -0.39 is 0 Å². The number of hydrogen-bond donors (Lipinski definition) is 2. The molecule has 146 valence electrons. The van der Waals surface area contributed by atoms with Crippen LogP contribution in [0.25, 0.3) is 10.9 Å². The predicted molar refractivity (Wildman–Crippen MR) is 116 cm³/mol. The zero-order valence-electron chi connectivity index (χ0n) is 15.9. The lowest BCUT2D eigenvalue weighted by Crippen LogP contribution is -2.30. The highest BCUT2D eigenvalue weighted by Gasteiger charge is 2.25. The van der Waals surface area contributed by atoms with Crippen LogP contribution in [-0.4, -0.2) is 29.0 Å². The number of benzene rings is 1. The molecule has 1 aromatic carbocycles. The van der Waals surface area contributed by atoms with E-state index in [1.165, 1.54) is 35.2 Å². The molecule has 2 N–H and O–H groups in total. The Kier molecular flexibility index (Phi) is 6.23. The number of methoxy groups -OCH3 is 1. The van der Waals surface area contributed by atoms with E-state index in [1.54, 1.807) is 7.11 Å². The van der Waals surface area contributed by atoms with E-state index in [9.17, 15) is 4.79 Å². The molecular formula is C21H28N2O2S2. The Morgan fingerprint density at radius 1 is 1.33 bits per heavy atom. The van der Waals surface area contributed by atoms with E-state index in [-0.39, 0.29) is 11.9 Å². The molecule has 1 unspecified atom stereocenters. The topological polar surface area (TPSA) is 54.1 Å². The van der Waals surface area contributed by atoms with Gasteiger partial charge in [-0.15, -0.1) is 0 Å². The van der Waals surface area contributed by atoms with Crippen molar-refractivity contribution >= 4 is 38.4 Å². The smallest absolute Gasteiger partial charge is 0.220 e. The summed E-state index contributed by atoms with van der Waals surface area (Å²) in [6, 6.07) is 6.28. The average Bonchev–Trinajstić information content (AvgIpc) is 3.33. The van der Waals surface area contributed by atoms with Gasteiger partial charge in [0.25, 0.3) is 0 Å². The second kappa shape index (κ2) is 8.82. The third-order valence-electron chi connectivity index (χ3n) is 5.66. The van der Waals surface area contributed by atoms with Crippen LogP contribution in [-0.2, 0) is 11.2 Å². The second-order valence-corrected chi connectivity index (χ2v) is 10.3. The molecule has 2 aromatic rings. The van der Waals surface area contributed by atoms with Crippen molar-refractivity contribution in [1.82, 2.24) is 10.3 Å². The van der Waals surface area contributed by atoms with Crippen molar-refractivity contribution in [3.8, 4) is 5.75 Å². The molecule has 6 heteroatoms. The SMILES string of the molecule is COc1ccc2[nH]c3c(c2c1)CCCC3NC(=O)CCCC[C@@H]1CCSS1. The van der Waals surface area contributed by atoms with E-state index in [2.05, 4.69) is 22.4 Å². The van der Waals surface area contributed by atoms with E-state index >= 15 is 0 Å². The third kappa shape index (κ3) is 4.43. The number of hydrogen-bond acceptors (Lipinski definition) is 4. The first-order valence-electron chi connectivity index (χ1n) is 10.0. The molecule has 2 heterocycles. The average molecular weight is 405 g/mol. The summed E-state index contributed by atoms with van der Waals surface area (Å²) in [4.78, 5) is 16.0. The van der Waals surface area contributed by atoms with Gasteiger partial charge in [-0.25, -0.2) is 0 Å². The first-order valence-corrected chi connectivity index (χ1v) is 12.4. The summed E-state index contributed by atoms with van der Waals surface area (Å²) >= 11 is 0. The molecule has 0 bridgehead atoms. The lowest BCUT2D eigenvalue weighted by atomic mass is 9.91. The highest BCUT2D eigenvalue weighted by molar-refractivity contribution is 8.77. The molecule has 2 atom stereocenters. The summed E-state index contributed by atoms with van der Waals surface area (Å²) in [5.74, 6) is 2.36. The first kappa shape index (κ1) is 19.1. The van der Waals surface area contributed by atoms with Crippen LogP contribution in [0.5, 0.6) is 5.75 Å². The molecule has 27 heavy (non-hydrogen) atoms. The van der Waals surface area contributed by atoms with Gasteiger partial charge in [0.15, 0.2) is 0 Å². The van der Waals surface area contributed by atoms with Gasteiger partial charge in [0.1, 0.15) is 5.75 Å². The van der Waals surface area contributed by atoms with Crippen molar-refractivity contribution in [2.24, 2.45) is 0 Å². The quantitative estimate of drug-likeness (QED) is 0.480. The number of nitrogens with one attached hydrogen (secondary N) is 2. The monoisotopic (exact) mass is 404 g/mol. The minimum atomic E-state index is 0.112. The lowest BCUT2D eigenvalue weighted by molar-refractivity contribution is -0.122. The van der Waals surface area contributed by atoms with Crippen molar-refractivity contribution in [3.05, 3.63) is 29.5 Å². The van der Waals surface area contributed by atoms with Crippen LogP contribution in [0.3, 0.4) is 0 Å². The Labute approximate surface area is 169 Å². The molecule has 2 aliphatic rings. The van der Waals surface area contributed by atoms with Crippen LogP contribution in [0, 0.1) is 0 Å². The van der Waals surface area contributed by atoms with E-state index in [4.69, 9.17) is 4.74 Å². The fourth-order valence-electron chi connectivity index (χ4n) is 4.20. The van der Waals surface area contributed by atoms with E-state index in [0.717, 1.165) is 48.6 Å². The largest absolute Gasteiger partial charge is 0.497 e. The molecule has 1 fully saturated rings. The molecule has 1 aliphatic heterocycles. The molecule has 0 saturated carbocycles. The van der Waals surface area contributed by atoms with Crippen molar-refractivity contribution in [1.29, 1.82) is 0 Å². The van der Waals surface area contributed by atoms with Gasteiger partial charge in [0.05, 0.1) is 13.2 Å². The number of aryl methyl sites for hydroxylation is 1. The zero-order valence-corrected chi connectivity index (χ0v) is 17.5. The molecule has 1 aromatic heterocycles. The molecule has 1 saturated heterocycles. The van der Waals surface area contributed by atoms with Crippen molar-refractivity contribution < 1.29 is 9.53 Å². The summed E-state index contributed by atoms with van der Waals surface area (Å²) in [5, 5.41) is 5.32. The molecular weight excluding hydrogens is 376 g/mol. The van der Waals surface area contributed by atoms with Crippen LogP contribution < -0.4 is 10.1 Å². The predicted octanol–water partition coefficient (Wildman–Crippen LogP) is 5.38. The van der Waals surface area contributed by atoms with Gasteiger partial charge < -0.3 is 15.0 Å². The van der Waals surface area contributed by atoms with Crippen LogP contribution in [0.15, 0.2) is 18.2 Å². The van der Waals surface area contributed by atoms with Gasteiger partial charge in [-0.3, -0.25) is 4.79 Å². The number of rotatable bonds is 7. The molecule has 4 rings (SSSR count). The number of fused-ring (bicyclic) bond motifs is 3. The standard InChI is InChI=1S/C21H28N2O2S2/c1-25-14-9-10-18-17(13-14)16-6-4-7-19(21(16)23-18)22-20(24)8-3-2-5-15-11-12-26-27-15/h9-10,13,15,19,23H,2-8,11-12H2,1H3,(H,22,24)/t15-,19?/m1/s1. The Morgan fingerprint density at radius 3 is 3.07 bits per heavy atom. The number of carbonyl (C=O) groups is 1. The maximum Gasteiger partial charge on any atom is 0.220 e. The third-order valence-corrected chi connectivity index (χ3v) is 8.66. The molecule has 0 radical (unpaired) electrons. The maximum absolute atomic E-state index is 12.5. The highest BCUT2D eigenvalue weighted by Crippen LogP contribution is 2.40. The summed E-state index contributed by atoms with van der Waals surface area (Å²) in [5.41, 5.74) is 3.67. The number of amides is 1. The van der Waals surface area contributed by atoms with Gasteiger partial charge in [0, 0.05) is 34.0 Å². The molecule has 0 spiro atoms. The minimum absolute atomic E-state index is 0.112. The Hall–Kier alpha value is -1.27. The van der Waals surface area contributed by atoms with Crippen LogP contribution in [0.1, 0.15) is 62.2 Å². The molecule has 1 aliphatic carbocycles. The summed E-state index contributed by atoms with van der Waals surface area (Å²) in [6.45, 7) is 0. The molecule has 4 nitrogen and oxygen atoms in total. The Balaban J connectivity index is 1.35. The van der Waals surface area contributed by atoms with Crippen molar-refractivity contribution in [3.63, 3.8) is 0 Å². The number of ether oxygens (including phenoxy) is 1. The normalized spacial score (nSPS) is 22.0. The number of unbranched alkanes of at least 4 members (excludes halogenated alkanes) is 1. The van der Waals surface area contributed by atoms with Gasteiger partial charge in [-0.1, -0.05) is 28.0 Å². The number of carbonyl (C=O) groups excluding carboxylic acids is 1. The second-order valence-electron chi connectivity index (χ2n) is 7.52. The fourth-order valence-corrected chi connectivity index (χ4v) is 7.23. The maximum atomic E-state index is 12.5. The van der Waals surface area contributed by atoms with Crippen LogP contribution >= 0.6 is 21.6 Å². The van der Waals surface area contributed by atoms with Crippen LogP contribution in [0.2, 0.25) is 0 Å². The first-order chi connectivity index (χ1) is 13.2. The fraction of sp³-hybridized carbons (Fsp3) is 0.571. The van der Waals surface area contributed by atoms with E-state index in [1.807, 2.05) is 27.7 Å². The molecule has 1 amide bonds. The number of H-pyrrole nitrogens is 1. The summed E-state index contributed by atoms with van der Waals surface area (Å²) in [7, 11) is 5.72. The lowest BCUT2D eigenvalue weighted by Gasteiger charge is -2.24. The van der Waals surface area contributed by atoms with Crippen molar-refractivity contribution in [2.75, 3.05) is 12.9 Å². The number of aromatic nitrogens is 1. The van der Waals surface area contributed by atoms with Gasteiger partial charge in [0.2, 0.25) is 5.91 Å². The Bertz CT molecular complexity index is 799.